The third-order valence-corrected chi connectivity index (χ3v) is 5.32. The molecule has 2 aromatic carbocycles. The number of rotatable bonds is 5. The molecular weight excluding hydrogens is 399 g/mol. The Morgan fingerprint density at radius 2 is 1.72 bits per heavy atom. The molecule has 0 unspecified atom stereocenters. The van der Waals surface area contributed by atoms with Gasteiger partial charge in [-0.2, -0.15) is 13.2 Å². The average molecular weight is 419 g/mol. The monoisotopic (exact) mass is 419 g/mol. The quantitative estimate of drug-likeness (QED) is 0.511. The van der Waals surface area contributed by atoms with E-state index in [2.05, 4.69) is 5.32 Å². The maximum Gasteiger partial charge on any atom is 0.418 e. The van der Waals surface area contributed by atoms with Gasteiger partial charge in [0.15, 0.2) is 0 Å². The standard InChI is InChI=1S/C22H20F3NO2S/c1-13-8-14(2)20(15(3)9-13)28-11-16-10-19(29-12-16)21(27)26-18-7-5-4-6-17(18)22(23,24)25/h4-10,12H,11H2,1-3H3,(H,26,27). The van der Waals surface area contributed by atoms with Crippen molar-refractivity contribution in [1.82, 2.24) is 0 Å². The first-order valence-electron chi connectivity index (χ1n) is 8.91. The van der Waals surface area contributed by atoms with Crippen molar-refractivity contribution in [1.29, 1.82) is 0 Å². The summed E-state index contributed by atoms with van der Waals surface area (Å²) in [4.78, 5) is 12.7. The minimum Gasteiger partial charge on any atom is -0.488 e. The van der Waals surface area contributed by atoms with Crippen LogP contribution in [0.1, 0.15) is 37.5 Å². The second kappa shape index (κ2) is 8.29. The molecule has 0 bridgehead atoms. The molecule has 1 N–H and O–H groups in total. The Kier molecular flexibility index (Phi) is 5.98. The number of hydrogen-bond acceptors (Lipinski definition) is 3. The van der Waals surface area contributed by atoms with Crippen LogP contribution < -0.4 is 10.1 Å². The number of carbonyl (C=O) groups excluding carboxylic acids is 1. The van der Waals surface area contributed by atoms with Crippen LogP contribution in [0, 0.1) is 20.8 Å². The maximum absolute atomic E-state index is 13.1. The lowest BCUT2D eigenvalue weighted by Crippen LogP contribution is -2.15. The summed E-state index contributed by atoms with van der Waals surface area (Å²) in [6.07, 6.45) is -4.54. The third-order valence-electron chi connectivity index (χ3n) is 4.35. The predicted molar refractivity (Wildman–Crippen MR) is 109 cm³/mol. The van der Waals surface area contributed by atoms with Gasteiger partial charge in [0.1, 0.15) is 12.4 Å². The lowest BCUT2D eigenvalue weighted by molar-refractivity contribution is -0.136. The topological polar surface area (TPSA) is 38.3 Å². The zero-order valence-corrected chi connectivity index (χ0v) is 17.0. The number of ether oxygens (including phenoxy) is 1. The zero-order valence-electron chi connectivity index (χ0n) is 16.2. The van der Waals surface area contributed by atoms with E-state index in [4.69, 9.17) is 4.74 Å². The number of carbonyl (C=O) groups is 1. The molecule has 0 saturated carbocycles. The molecule has 0 fully saturated rings. The Bertz CT molecular complexity index is 1020. The number of alkyl halides is 3. The van der Waals surface area contributed by atoms with Gasteiger partial charge in [-0.15, -0.1) is 11.3 Å². The van der Waals surface area contributed by atoms with Gasteiger partial charge < -0.3 is 10.1 Å². The van der Waals surface area contributed by atoms with Crippen LogP contribution in [0.2, 0.25) is 0 Å². The molecule has 1 aromatic heterocycles. The van der Waals surface area contributed by atoms with Gasteiger partial charge in [0.05, 0.1) is 16.1 Å². The van der Waals surface area contributed by atoms with Gasteiger partial charge >= 0.3 is 6.18 Å². The zero-order chi connectivity index (χ0) is 21.2. The highest BCUT2D eigenvalue weighted by molar-refractivity contribution is 7.12. The molecule has 3 aromatic rings. The van der Waals surface area contributed by atoms with E-state index in [0.29, 0.717) is 4.88 Å². The second-order valence-corrected chi connectivity index (χ2v) is 7.74. The molecule has 0 atom stereocenters. The molecule has 7 heteroatoms. The van der Waals surface area contributed by atoms with Crippen molar-refractivity contribution in [3.63, 3.8) is 0 Å². The molecule has 0 aliphatic carbocycles. The molecule has 1 amide bonds. The number of hydrogen-bond donors (Lipinski definition) is 1. The Morgan fingerprint density at radius 1 is 1.07 bits per heavy atom. The summed E-state index contributed by atoms with van der Waals surface area (Å²) in [5, 5.41) is 4.12. The molecule has 3 rings (SSSR count). The molecule has 0 spiro atoms. The molecule has 29 heavy (non-hydrogen) atoms. The lowest BCUT2D eigenvalue weighted by atomic mass is 10.1. The SMILES string of the molecule is Cc1cc(C)c(OCc2csc(C(=O)Nc3ccccc3C(F)(F)F)c2)c(C)c1. The second-order valence-electron chi connectivity index (χ2n) is 6.83. The van der Waals surface area contributed by atoms with Crippen LogP contribution in [0.5, 0.6) is 5.75 Å². The fraction of sp³-hybridized carbons (Fsp3) is 0.227. The summed E-state index contributed by atoms with van der Waals surface area (Å²) in [6, 6.07) is 10.6. The lowest BCUT2D eigenvalue weighted by Gasteiger charge is -2.13. The largest absolute Gasteiger partial charge is 0.488 e. The van der Waals surface area contributed by atoms with Crippen molar-refractivity contribution < 1.29 is 22.7 Å². The fourth-order valence-corrected chi connectivity index (χ4v) is 3.94. The number of benzene rings is 2. The Labute approximate surface area is 171 Å². The normalized spacial score (nSPS) is 11.4. The molecule has 0 aliphatic rings. The molecule has 0 aliphatic heterocycles. The summed E-state index contributed by atoms with van der Waals surface area (Å²) in [5.74, 6) is 0.215. The molecule has 1 heterocycles. The minimum atomic E-state index is -4.54. The first kappa shape index (κ1) is 20.9. The van der Waals surface area contributed by atoms with Crippen LogP contribution >= 0.6 is 11.3 Å². The highest BCUT2D eigenvalue weighted by atomic mass is 32.1. The van der Waals surface area contributed by atoms with Gasteiger partial charge in [0.25, 0.3) is 5.91 Å². The van der Waals surface area contributed by atoms with Crippen LogP contribution in [0.4, 0.5) is 18.9 Å². The van der Waals surface area contributed by atoms with Crippen LogP contribution in [0.3, 0.4) is 0 Å². The maximum atomic E-state index is 13.1. The first-order chi connectivity index (χ1) is 13.6. The highest BCUT2D eigenvalue weighted by Crippen LogP contribution is 2.35. The summed E-state index contributed by atoms with van der Waals surface area (Å²) in [7, 11) is 0. The van der Waals surface area contributed by atoms with Crippen LogP contribution in [0.25, 0.3) is 0 Å². The summed E-state index contributed by atoms with van der Waals surface area (Å²) in [5.41, 5.74) is 2.85. The van der Waals surface area contributed by atoms with Crippen molar-refractivity contribution in [3.8, 4) is 5.75 Å². The predicted octanol–water partition coefficient (Wildman–Crippen LogP) is 6.52. The molecule has 152 valence electrons. The van der Waals surface area contributed by atoms with E-state index >= 15 is 0 Å². The number of thiophene rings is 1. The number of nitrogens with one attached hydrogen (secondary N) is 1. The van der Waals surface area contributed by atoms with Crippen molar-refractivity contribution in [2.45, 2.75) is 33.6 Å². The number of aryl methyl sites for hydroxylation is 3. The van der Waals surface area contributed by atoms with Crippen molar-refractivity contribution in [2.75, 3.05) is 5.32 Å². The molecular formula is C22H20F3NO2S. The van der Waals surface area contributed by atoms with E-state index in [9.17, 15) is 18.0 Å². The number of amides is 1. The Balaban J connectivity index is 1.70. The minimum absolute atomic E-state index is 0.262. The van der Waals surface area contributed by atoms with E-state index in [1.54, 1.807) is 11.4 Å². The van der Waals surface area contributed by atoms with Gasteiger partial charge in [-0.25, -0.2) is 0 Å². The summed E-state index contributed by atoms with van der Waals surface area (Å²) < 4.78 is 45.2. The first-order valence-corrected chi connectivity index (χ1v) is 9.78. The van der Waals surface area contributed by atoms with Crippen molar-refractivity contribution in [3.05, 3.63) is 80.5 Å². The van der Waals surface area contributed by atoms with Crippen molar-refractivity contribution in [2.24, 2.45) is 0 Å². The Morgan fingerprint density at radius 3 is 2.38 bits per heavy atom. The van der Waals surface area contributed by atoms with Crippen LogP contribution in [-0.2, 0) is 12.8 Å². The molecule has 3 nitrogen and oxygen atoms in total. The third kappa shape index (κ3) is 4.98. The number of halogens is 3. The van der Waals surface area contributed by atoms with Crippen LogP contribution in [0.15, 0.2) is 47.8 Å². The van der Waals surface area contributed by atoms with Crippen LogP contribution in [-0.4, -0.2) is 5.91 Å². The molecule has 0 saturated heterocycles. The van der Waals surface area contributed by atoms with E-state index in [1.165, 1.54) is 18.2 Å². The summed E-state index contributed by atoms with van der Waals surface area (Å²) >= 11 is 1.16. The van der Waals surface area contributed by atoms with Gasteiger partial charge in [-0.05, 0) is 55.5 Å². The number of para-hydroxylation sites is 1. The van der Waals surface area contributed by atoms with E-state index in [0.717, 1.165) is 45.4 Å². The van der Waals surface area contributed by atoms with Gasteiger partial charge in [-0.1, -0.05) is 29.8 Å². The van der Waals surface area contributed by atoms with E-state index < -0.39 is 17.6 Å². The van der Waals surface area contributed by atoms with Gasteiger partial charge in [0.2, 0.25) is 0 Å². The van der Waals surface area contributed by atoms with Gasteiger partial charge in [-0.3, -0.25) is 4.79 Å². The van der Waals surface area contributed by atoms with E-state index in [1.807, 2.05) is 32.9 Å². The summed E-state index contributed by atoms with van der Waals surface area (Å²) in [6.45, 7) is 6.23. The Hall–Kier alpha value is -2.80. The van der Waals surface area contributed by atoms with E-state index in [-0.39, 0.29) is 12.3 Å². The van der Waals surface area contributed by atoms with Gasteiger partial charge in [0, 0.05) is 5.56 Å². The van der Waals surface area contributed by atoms with Crippen molar-refractivity contribution >= 4 is 22.9 Å². The fourth-order valence-electron chi connectivity index (χ4n) is 3.14. The molecule has 0 radical (unpaired) electrons. The highest BCUT2D eigenvalue weighted by Gasteiger charge is 2.33. The number of anilines is 1. The average Bonchev–Trinajstić information content (AvgIpc) is 3.09. The smallest absolute Gasteiger partial charge is 0.418 e.